The summed E-state index contributed by atoms with van der Waals surface area (Å²) < 4.78 is 98.7. The molecule has 1 fully saturated rings. The van der Waals surface area contributed by atoms with Crippen LogP contribution in [0.3, 0.4) is 0 Å². The van der Waals surface area contributed by atoms with Crippen LogP contribution in [0, 0.1) is 35.1 Å². The number of halogens is 7. The first-order valence-corrected chi connectivity index (χ1v) is 10.9. The van der Waals surface area contributed by atoms with Gasteiger partial charge in [0.15, 0.2) is 11.6 Å². The van der Waals surface area contributed by atoms with E-state index in [1.54, 1.807) is 6.08 Å². The molecule has 0 aromatic heterocycles. The molecule has 2 aliphatic rings. The monoisotopic (exact) mass is 472 g/mol. The van der Waals surface area contributed by atoms with Gasteiger partial charge in [0, 0.05) is 6.07 Å². The van der Waals surface area contributed by atoms with Crippen LogP contribution < -0.4 is 4.74 Å². The second-order valence-electron chi connectivity index (χ2n) is 8.86. The highest BCUT2D eigenvalue weighted by Gasteiger charge is 2.44. The Morgan fingerprint density at radius 1 is 0.939 bits per heavy atom. The average Bonchev–Trinajstić information content (AvgIpc) is 2.73. The Bertz CT molecular complexity index is 1020. The molecule has 1 nitrogen and oxygen atoms in total. The number of allylic oxidation sites excluding steroid dienone is 1. The van der Waals surface area contributed by atoms with Crippen molar-refractivity contribution in [2.75, 3.05) is 0 Å². The summed E-state index contributed by atoms with van der Waals surface area (Å²) in [6.45, 7) is 3.72. The van der Waals surface area contributed by atoms with E-state index in [2.05, 4.69) is 11.3 Å². The van der Waals surface area contributed by atoms with Gasteiger partial charge >= 0.3 is 6.36 Å². The van der Waals surface area contributed by atoms with Gasteiger partial charge in [-0.25, -0.2) is 17.6 Å². The topological polar surface area (TPSA) is 9.23 Å². The molecule has 0 radical (unpaired) electrons. The summed E-state index contributed by atoms with van der Waals surface area (Å²) in [5.41, 5.74) is 1.28. The highest BCUT2D eigenvalue weighted by Crippen LogP contribution is 2.55. The first kappa shape index (κ1) is 23.6. The molecule has 0 bridgehead atoms. The molecular formula is C25H23F7O. The fourth-order valence-corrected chi connectivity index (χ4v) is 5.84. The number of ether oxygens (including phenoxy) is 1. The third-order valence-corrected chi connectivity index (χ3v) is 7.02. The Labute approximate surface area is 187 Å². The molecule has 2 aromatic rings. The van der Waals surface area contributed by atoms with E-state index in [4.69, 9.17) is 0 Å². The number of alkyl halides is 3. The van der Waals surface area contributed by atoms with E-state index in [0.29, 0.717) is 49.7 Å². The third kappa shape index (κ3) is 4.75. The first-order chi connectivity index (χ1) is 15.6. The van der Waals surface area contributed by atoms with Gasteiger partial charge < -0.3 is 4.74 Å². The molecule has 4 rings (SSSR count). The molecule has 0 heterocycles. The molecule has 178 valence electrons. The molecule has 4 atom stereocenters. The van der Waals surface area contributed by atoms with Crippen LogP contribution in [0.4, 0.5) is 30.7 Å². The van der Waals surface area contributed by atoms with Gasteiger partial charge in [-0.1, -0.05) is 6.08 Å². The molecule has 0 aliphatic heterocycles. The van der Waals surface area contributed by atoms with Crippen LogP contribution in [0.2, 0.25) is 0 Å². The molecule has 0 saturated heterocycles. The second-order valence-corrected chi connectivity index (χ2v) is 8.86. The van der Waals surface area contributed by atoms with E-state index < -0.39 is 35.4 Å². The van der Waals surface area contributed by atoms with Crippen molar-refractivity contribution < 1.29 is 35.5 Å². The molecule has 0 spiro atoms. The summed E-state index contributed by atoms with van der Waals surface area (Å²) in [4.78, 5) is 0. The zero-order valence-corrected chi connectivity index (χ0v) is 17.7. The van der Waals surface area contributed by atoms with Crippen molar-refractivity contribution in [3.8, 4) is 5.75 Å². The molecule has 1 saturated carbocycles. The van der Waals surface area contributed by atoms with Crippen molar-refractivity contribution in [3.63, 3.8) is 0 Å². The normalized spacial score (nSPS) is 24.7. The van der Waals surface area contributed by atoms with Crippen molar-refractivity contribution in [3.05, 3.63) is 76.9 Å². The van der Waals surface area contributed by atoms with Gasteiger partial charge in [-0.15, -0.1) is 19.8 Å². The Balaban J connectivity index is 1.75. The Kier molecular flexibility index (Phi) is 6.47. The molecule has 2 aromatic carbocycles. The maximum atomic E-state index is 14.6. The Morgan fingerprint density at radius 3 is 2.27 bits per heavy atom. The highest BCUT2D eigenvalue weighted by molar-refractivity contribution is 5.39. The fourth-order valence-electron chi connectivity index (χ4n) is 5.84. The van der Waals surface area contributed by atoms with Gasteiger partial charge in [-0.05, 0) is 97.1 Å². The maximum Gasteiger partial charge on any atom is 0.573 e. The molecular weight excluding hydrogens is 449 g/mol. The number of rotatable bonds is 5. The predicted molar refractivity (Wildman–Crippen MR) is 109 cm³/mol. The molecule has 33 heavy (non-hydrogen) atoms. The number of benzene rings is 2. The van der Waals surface area contributed by atoms with Crippen LogP contribution in [0.25, 0.3) is 0 Å². The third-order valence-electron chi connectivity index (χ3n) is 7.02. The minimum absolute atomic E-state index is 0.00242. The van der Waals surface area contributed by atoms with Gasteiger partial charge in [0.05, 0.1) is 0 Å². The van der Waals surface area contributed by atoms with Gasteiger partial charge in [0.1, 0.15) is 11.6 Å². The van der Waals surface area contributed by atoms with Crippen molar-refractivity contribution in [2.24, 2.45) is 11.8 Å². The van der Waals surface area contributed by atoms with E-state index >= 15 is 0 Å². The summed E-state index contributed by atoms with van der Waals surface area (Å²) >= 11 is 0. The predicted octanol–water partition coefficient (Wildman–Crippen LogP) is 7.95. The summed E-state index contributed by atoms with van der Waals surface area (Å²) in [5.74, 6) is -6.37. The van der Waals surface area contributed by atoms with Gasteiger partial charge in [-0.2, -0.15) is 0 Å². The minimum atomic E-state index is -5.23. The van der Waals surface area contributed by atoms with Crippen LogP contribution in [0.15, 0.2) is 36.9 Å². The van der Waals surface area contributed by atoms with E-state index in [1.165, 1.54) is 6.07 Å². The standard InChI is InChI=1S/C25H23F7O/c1-2-3-4-13-5-6-16-18(8-7-17-19(16)11-15(26)12-20(17)27)23(13)14-9-21(28)24(22(29)10-14)33-25(30,31)32/h2,9-13,16,18,23H,1,3-8H2. The van der Waals surface area contributed by atoms with Gasteiger partial charge in [0.2, 0.25) is 5.75 Å². The van der Waals surface area contributed by atoms with Crippen molar-refractivity contribution >= 4 is 0 Å². The summed E-state index contributed by atoms with van der Waals surface area (Å²) in [5, 5.41) is 0. The van der Waals surface area contributed by atoms with Crippen LogP contribution in [0.1, 0.15) is 60.6 Å². The summed E-state index contributed by atoms with van der Waals surface area (Å²) in [6.07, 6.45) is 0.0657. The number of hydrogen-bond acceptors (Lipinski definition) is 1. The number of fused-ring (bicyclic) bond motifs is 3. The molecule has 4 unspecified atom stereocenters. The zero-order chi connectivity index (χ0) is 23.9. The van der Waals surface area contributed by atoms with Crippen molar-refractivity contribution in [1.29, 1.82) is 0 Å². The zero-order valence-electron chi connectivity index (χ0n) is 17.7. The van der Waals surface area contributed by atoms with E-state index in [-0.39, 0.29) is 29.2 Å². The lowest BCUT2D eigenvalue weighted by atomic mass is 9.57. The minimum Gasteiger partial charge on any atom is -0.399 e. The summed E-state index contributed by atoms with van der Waals surface area (Å²) in [7, 11) is 0. The molecule has 0 N–H and O–H groups in total. The van der Waals surface area contributed by atoms with E-state index in [9.17, 15) is 30.7 Å². The lowest BCUT2D eigenvalue weighted by Gasteiger charge is -2.47. The van der Waals surface area contributed by atoms with Gasteiger partial charge in [-0.3, -0.25) is 0 Å². The van der Waals surface area contributed by atoms with Crippen LogP contribution in [-0.4, -0.2) is 6.36 Å². The van der Waals surface area contributed by atoms with Crippen molar-refractivity contribution in [2.45, 2.75) is 56.7 Å². The van der Waals surface area contributed by atoms with E-state index in [1.807, 2.05) is 0 Å². The summed E-state index contributed by atoms with van der Waals surface area (Å²) in [6, 6.07) is 3.99. The second kappa shape index (κ2) is 9.03. The maximum absolute atomic E-state index is 14.6. The SMILES string of the molecule is C=CCCC1CCC2c3cc(F)cc(F)c3CCC2C1c1cc(F)c(OC(F)(F)F)c(F)c1. The van der Waals surface area contributed by atoms with Crippen LogP contribution >= 0.6 is 0 Å². The Morgan fingerprint density at radius 2 is 1.64 bits per heavy atom. The van der Waals surface area contributed by atoms with Crippen LogP contribution in [-0.2, 0) is 6.42 Å². The smallest absolute Gasteiger partial charge is 0.399 e. The van der Waals surface area contributed by atoms with Gasteiger partial charge in [0.25, 0.3) is 0 Å². The van der Waals surface area contributed by atoms with Crippen molar-refractivity contribution in [1.82, 2.24) is 0 Å². The quantitative estimate of drug-likeness (QED) is 0.317. The average molecular weight is 472 g/mol. The largest absolute Gasteiger partial charge is 0.573 e. The molecule has 2 aliphatic carbocycles. The Hall–Kier alpha value is -2.51. The molecule has 8 heteroatoms. The first-order valence-electron chi connectivity index (χ1n) is 10.9. The highest BCUT2D eigenvalue weighted by atomic mass is 19.4. The fraction of sp³-hybridized carbons (Fsp3) is 0.440. The lowest BCUT2D eigenvalue weighted by Crippen LogP contribution is -2.35. The lowest BCUT2D eigenvalue weighted by molar-refractivity contribution is -0.276. The van der Waals surface area contributed by atoms with Crippen LogP contribution in [0.5, 0.6) is 5.75 Å². The molecule has 0 amide bonds. The van der Waals surface area contributed by atoms with E-state index in [0.717, 1.165) is 18.2 Å². The number of hydrogen-bond donors (Lipinski definition) is 0.